The lowest BCUT2D eigenvalue weighted by atomic mass is 9.99. The number of hydrogen-bond acceptors (Lipinski definition) is 5. The average molecular weight is 615 g/mol. The molecule has 1 aliphatic heterocycles. The van der Waals surface area contributed by atoms with Crippen molar-refractivity contribution in [3.63, 3.8) is 0 Å². The van der Waals surface area contributed by atoms with E-state index in [-0.39, 0.29) is 17.4 Å². The molecule has 7 heteroatoms. The van der Waals surface area contributed by atoms with Crippen LogP contribution < -0.4 is 4.74 Å². The van der Waals surface area contributed by atoms with Crippen molar-refractivity contribution in [2.75, 3.05) is 26.2 Å². The van der Waals surface area contributed by atoms with E-state index in [1.807, 2.05) is 38.1 Å². The molecule has 1 fully saturated rings. The number of aryl methyl sites for hydroxylation is 1. The van der Waals surface area contributed by atoms with Crippen LogP contribution in [-0.2, 0) is 11.3 Å². The number of nitrogens with zero attached hydrogens (tertiary/aromatic N) is 2. The molecule has 0 radical (unpaired) electrons. The van der Waals surface area contributed by atoms with Gasteiger partial charge in [0.2, 0.25) is 0 Å². The van der Waals surface area contributed by atoms with Crippen LogP contribution in [0, 0.1) is 12.8 Å². The molecule has 1 aromatic heterocycles. The molecule has 2 heterocycles. The maximum atomic E-state index is 10.5. The molecule has 0 unspecified atom stereocenters. The van der Waals surface area contributed by atoms with Gasteiger partial charge in [0, 0.05) is 24.0 Å². The van der Waals surface area contributed by atoms with Crippen molar-refractivity contribution in [2.45, 2.75) is 78.7 Å². The van der Waals surface area contributed by atoms with Gasteiger partial charge in [-0.05, 0) is 117 Å². The van der Waals surface area contributed by atoms with Crippen molar-refractivity contribution in [3.05, 3.63) is 77.9 Å². The number of likely N-dealkylation sites (tertiary alicyclic amines) is 1. The largest absolute Gasteiger partial charge is 0.508 e. The van der Waals surface area contributed by atoms with Crippen LogP contribution in [0.25, 0.3) is 22.2 Å². The Morgan fingerprint density at radius 2 is 1.47 bits per heavy atom. The number of phenols is 2. The van der Waals surface area contributed by atoms with E-state index >= 15 is 0 Å². The Balaban J connectivity index is 0.000000399. The number of aromatic nitrogens is 1. The molecule has 0 saturated carbocycles. The van der Waals surface area contributed by atoms with Crippen LogP contribution in [-0.4, -0.2) is 57.0 Å². The maximum Gasteiger partial charge on any atom is 0.306 e. The molecule has 4 aromatic rings. The number of carboxylic acids is 1. The lowest BCUT2D eigenvalue weighted by molar-refractivity contribution is -0.142. The van der Waals surface area contributed by atoms with Gasteiger partial charge in [-0.25, -0.2) is 0 Å². The Bertz CT molecular complexity index is 1480. The van der Waals surface area contributed by atoms with Gasteiger partial charge in [0.15, 0.2) is 0 Å². The molecule has 0 amide bonds. The number of carboxylic acid groups (broad SMARTS) is 1. The van der Waals surface area contributed by atoms with Crippen LogP contribution in [0.15, 0.2) is 66.7 Å². The predicted molar refractivity (Wildman–Crippen MR) is 182 cm³/mol. The second-order valence-electron chi connectivity index (χ2n) is 12.2. The van der Waals surface area contributed by atoms with Gasteiger partial charge in [-0.2, -0.15) is 0 Å². The van der Waals surface area contributed by atoms with Crippen molar-refractivity contribution < 1.29 is 24.9 Å². The Hall–Kier alpha value is -3.97. The molecule has 1 saturated heterocycles. The Kier molecular flexibility index (Phi) is 12.8. The van der Waals surface area contributed by atoms with Crippen LogP contribution in [0.4, 0.5) is 0 Å². The second-order valence-corrected chi connectivity index (χ2v) is 12.2. The highest BCUT2D eigenvalue weighted by atomic mass is 16.5. The fraction of sp³-hybridized carbons (Fsp3) is 0.447. The third-order valence-electron chi connectivity index (χ3n) is 8.70. The third kappa shape index (κ3) is 9.51. The van der Waals surface area contributed by atoms with Crippen molar-refractivity contribution in [2.24, 2.45) is 5.92 Å². The average Bonchev–Trinajstić information content (AvgIpc) is 3.17. The molecule has 0 spiro atoms. The Labute approximate surface area is 268 Å². The third-order valence-corrected chi connectivity index (χ3v) is 8.70. The molecule has 0 aliphatic carbocycles. The number of ether oxygens (including phenoxy) is 1. The van der Waals surface area contributed by atoms with Gasteiger partial charge in [-0.3, -0.25) is 9.69 Å². The normalized spacial score (nSPS) is 13.8. The Morgan fingerprint density at radius 1 is 0.844 bits per heavy atom. The van der Waals surface area contributed by atoms with E-state index in [2.05, 4.69) is 40.7 Å². The first-order chi connectivity index (χ1) is 21.8. The van der Waals surface area contributed by atoms with Gasteiger partial charge in [0.05, 0.1) is 11.6 Å². The highest BCUT2D eigenvalue weighted by Crippen LogP contribution is 2.36. The van der Waals surface area contributed by atoms with Gasteiger partial charge in [0.25, 0.3) is 0 Å². The van der Waals surface area contributed by atoms with Crippen LogP contribution in [0.2, 0.25) is 0 Å². The Morgan fingerprint density at radius 3 is 2.07 bits per heavy atom. The van der Waals surface area contributed by atoms with Gasteiger partial charge in [0.1, 0.15) is 23.9 Å². The molecule has 242 valence electrons. The van der Waals surface area contributed by atoms with Crippen LogP contribution in [0.5, 0.6) is 17.2 Å². The summed E-state index contributed by atoms with van der Waals surface area (Å²) < 4.78 is 8.33. The van der Waals surface area contributed by atoms with Gasteiger partial charge < -0.3 is 24.6 Å². The molecule has 0 bridgehead atoms. The monoisotopic (exact) mass is 614 g/mol. The van der Waals surface area contributed by atoms with Crippen LogP contribution in [0.3, 0.4) is 0 Å². The molecule has 45 heavy (non-hydrogen) atoms. The summed E-state index contributed by atoms with van der Waals surface area (Å²) in [5.74, 6) is 0.675. The highest BCUT2D eigenvalue weighted by molar-refractivity contribution is 5.92. The molecule has 7 nitrogen and oxygen atoms in total. The number of rotatable bonds is 12. The van der Waals surface area contributed by atoms with E-state index in [9.17, 15) is 15.0 Å². The number of benzene rings is 3. The van der Waals surface area contributed by atoms with Gasteiger partial charge in [-0.15, -0.1) is 0 Å². The molecule has 5 rings (SSSR count). The fourth-order valence-corrected chi connectivity index (χ4v) is 6.28. The van der Waals surface area contributed by atoms with E-state index in [0.717, 1.165) is 72.3 Å². The smallest absolute Gasteiger partial charge is 0.306 e. The first kappa shape index (κ1) is 33.9. The summed E-state index contributed by atoms with van der Waals surface area (Å²) in [7, 11) is 0. The van der Waals surface area contributed by atoms with Gasteiger partial charge >= 0.3 is 5.97 Å². The summed E-state index contributed by atoms with van der Waals surface area (Å²) in [5.41, 5.74) is 5.47. The minimum atomic E-state index is -0.635. The molecule has 3 N–H and O–H groups in total. The maximum absolute atomic E-state index is 10.5. The van der Waals surface area contributed by atoms with Gasteiger partial charge in [-0.1, -0.05) is 51.7 Å². The minimum absolute atomic E-state index is 0.102. The second kappa shape index (κ2) is 16.9. The first-order valence-corrected chi connectivity index (χ1v) is 16.6. The standard InChI is InChI=1S/C30H34N2O3.C8H16O2/c1-22-28-20-26(34)12-15-29(28)32(30(22)24-8-10-25(33)11-9-24)21-23-6-13-27(14-7-23)35-19-18-31-16-4-2-3-5-17-31;1-3-5-7(6-4-2)8(9)10/h6-15,20,33-34H,2-5,16-19,21H2,1H3;7H,3-6H2,1-2H3,(H,9,10). The van der Waals surface area contributed by atoms with Crippen LogP contribution >= 0.6 is 0 Å². The lowest BCUT2D eigenvalue weighted by Crippen LogP contribution is -2.29. The summed E-state index contributed by atoms with van der Waals surface area (Å²) in [6.45, 7) is 10.9. The minimum Gasteiger partial charge on any atom is -0.508 e. The van der Waals surface area contributed by atoms with E-state index < -0.39 is 5.97 Å². The number of aliphatic carboxylic acids is 1. The first-order valence-electron chi connectivity index (χ1n) is 16.6. The number of fused-ring (bicyclic) bond motifs is 1. The van der Waals surface area contributed by atoms with E-state index in [1.165, 1.54) is 44.3 Å². The summed E-state index contributed by atoms with van der Waals surface area (Å²) in [4.78, 5) is 13.0. The molecular formula is C38H50N2O5. The van der Waals surface area contributed by atoms with Crippen molar-refractivity contribution in [1.29, 1.82) is 0 Å². The summed E-state index contributed by atoms with van der Waals surface area (Å²) in [6, 6.07) is 21.2. The van der Waals surface area contributed by atoms with Crippen molar-refractivity contribution >= 4 is 16.9 Å². The molecule has 3 aromatic carbocycles. The van der Waals surface area contributed by atoms with E-state index in [1.54, 1.807) is 18.2 Å². The van der Waals surface area contributed by atoms with E-state index in [4.69, 9.17) is 9.84 Å². The predicted octanol–water partition coefficient (Wildman–Crippen LogP) is 8.62. The lowest BCUT2D eigenvalue weighted by Gasteiger charge is -2.19. The fourth-order valence-electron chi connectivity index (χ4n) is 6.28. The molecule has 0 atom stereocenters. The zero-order chi connectivity index (χ0) is 32.2. The van der Waals surface area contributed by atoms with Crippen molar-refractivity contribution in [3.8, 4) is 28.5 Å². The van der Waals surface area contributed by atoms with Crippen molar-refractivity contribution in [1.82, 2.24) is 9.47 Å². The number of phenolic OH excluding ortho intramolecular Hbond substituents is 2. The molecule has 1 aliphatic rings. The zero-order valence-electron chi connectivity index (χ0n) is 27.2. The SMILES string of the molecule is CCCC(CCC)C(=O)O.Cc1c(-c2ccc(O)cc2)n(Cc2ccc(OCCN3CCCCCC3)cc2)c2ccc(O)cc12. The molecular weight excluding hydrogens is 564 g/mol. The summed E-state index contributed by atoms with van der Waals surface area (Å²) in [6.07, 6.45) is 8.89. The quantitative estimate of drug-likeness (QED) is 0.148. The van der Waals surface area contributed by atoms with E-state index in [0.29, 0.717) is 6.54 Å². The number of hydrogen-bond donors (Lipinski definition) is 3. The van der Waals surface area contributed by atoms with Crippen LogP contribution in [0.1, 0.15) is 76.3 Å². The topological polar surface area (TPSA) is 95.2 Å². The summed E-state index contributed by atoms with van der Waals surface area (Å²) in [5, 5.41) is 29.5. The number of aromatic hydroxyl groups is 2. The number of carbonyl (C=O) groups is 1. The zero-order valence-corrected chi connectivity index (χ0v) is 27.2. The summed E-state index contributed by atoms with van der Waals surface area (Å²) >= 11 is 0. The highest BCUT2D eigenvalue weighted by Gasteiger charge is 2.17.